The first kappa shape index (κ1) is 19.9. The Hall–Kier alpha value is -2.12. The van der Waals surface area contributed by atoms with E-state index in [4.69, 9.17) is 19.3 Å². The van der Waals surface area contributed by atoms with E-state index in [1.807, 2.05) is 51.1 Å². The highest BCUT2D eigenvalue weighted by Gasteiger charge is 2.23. The van der Waals surface area contributed by atoms with E-state index in [-0.39, 0.29) is 26.4 Å². The summed E-state index contributed by atoms with van der Waals surface area (Å²) >= 11 is 0. The average Bonchev–Trinajstić information content (AvgIpc) is 2.48. The van der Waals surface area contributed by atoms with E-state index >= 15 is 0 Å². The predicted octanol–water partition coefficient (Wildman–Crippen LogP) is 2.55. The van der Waals surface area contributed by atoms with Crippen molar-refractivity contribution in [3.63, 3.8) is 0 Å². The van der Waals surface area contributed by atoms with Gasteiger partial charge in [0.1, 0.15) is 12.2 Å². The maximum Gasteiger partial charge on any atom is 0.414 e. The van der Waals surface area contributed by atoms with Crippen molar-refractivity contribution in [3.05, 3.63) is 30.3 Å². The molecule has 7 nitrogen and oxygen atoms in total. The Bertz CT molecular complexity index is 512. The van der Waals surface area contributed by atoms with Gasteiger partial charge in [0.05, 0.1) is 26.4 Å². The van der Waals surface area contributed by atoms with E-state index in [2.05, 4.69) is 0 Å². The van der Waals surface area contributed by atoms with Gasteiger partial charge < -0.3 is 19.3 Å². The molecule has 0 saturated heterocycles. The smallest absolute Gasteiger partial charge is 0.414 e. The van der Waals surface area contributed by atoms with Crippen LogP contribution in [0.3, 0.4) is 0 Å². The number of benzene rings is 1. The highest BCUT2D eigenvalue weighted by molar-refractivity contribution is 5.87. The number of rotatable bonds is 9. The van der Waals surface area contributed by atoms with Crippen molar-refractivity contribution in [3.8, 4) is 0 Å². The molecule has 1 N–H and O–H groups in total. The summed E-state index contributed by atoms with van der Waals surface area (Å²) in [4.78, 5) is 24.2. The molecule has 0 aliphatic rings. The lowest BCUT2D eigenvalue weighted by molar-refractivity contribution is -0.142. The molecule has 0 heterocycles. The number of carboxylic acids is 1. The molecule has 0 saturated carbocycles. The molecular weight excluding hydrogens is 314 g/mol. The Morgan fingerprint density at radius 2 is 1.67 bits per heavy atom. The summed E-state index contributed by atoms with van der Waals surface area (Å²) in [6.45, 7) is 6.12. The van der Waals surface area contributed by atoms with Gasteiger partial charge in [0.2, 0.25) is 0 Å². The van der Waals surface area contributed by atoms with E-state index in [1.54, 1.807) is 0 Å². The molecule has 0 aromatic heterocycles. The predicted molar refractivity (Wildman–Crippen MR) is 89.3 cm³/mol. The molecule has 1 aromatic carbocycles. The van der Waals surface area contributed by atoms with Crippen molar-refractivity contribution in [1.82, 2.24) is 0 Å². The zero-order valence-corrected chi connectivity index (χ0v) is 14.4. The van der Waals surface area contributed by atoms with Crippen molar-refractivity contribution < 1.29 is 28.9 Å². The number of amides is 1. The molecule has 7 heteroatoms. The molecule has 0 bridgehead atoms. The lowest BCUT2D eigenvalue weighted by atomic mass is 10.2. The van der Waals surface area contributed by atoms with Gasteiger partial charge in [-0.15, -0.1) is 0 Å². The molecule has 0 fully saturated rings. The number of anilines is 1. The van der Waals surface area contributed by atoms with Crippen LogP contribution in [-0.4, -0.2) is 55.7 Å². The Morgan fingerprint density at radius 1 is 1.04 bits per heavy atom. The Labute approximate surface area is 142 Å². The normalized spacial score (nSPS) is 11.1. The second-order valence-electron chi connectivity index (χ2n) is 6.03. The number of ether oxygens (including phenoxy) is 3. The zero-order chi connectivity index (χ0) is 18.0. The van der Waals surface area contributed by atoms with Gasteiger partial charge in [-0.3, -0.25) is 4.90 Å². The summed E-state index contributed by atoms with van der Waals surface area (Å²) < 4.78 is 15.7. The van der Waals surface area contributed by atoms with Gasteiger partial charge in [-0.2, -0.15) is 0 Å². The van der Waals surface area contributed by atoms with Crippen molar-refractivity contribution >= 4 is 17.7 Å². The molecule has 1 amide bonds. The number of hydrogen-bond acceptors (Lipinski definition) is 5. The summed E-state index contributed by atoms with van der Waals surface area (Å²) in [5.74, 6) is -1.02. The van der Waals surface area contributed by atoms with Gasteiger partial charge in [-0.25, -0.2) is 9.59 Å². The van der Waals surface area contributed by atoms with Crippen LogP contribution >= 0.6 is 0 Å². The van der Waals surface area contributed by atoms with E-state index in [1.165, 1.54) is 4.90 Å². The van der Waals surface area contributed by atoms with Crippen LogP contribution in [0.1, 0.15) is 20.8 Å². The summed E-state index contributed by atoms with van der Waals surface area (Å²) in [5.41, 5.74) is 0.132. The third kappa shape index (κ3) is 8.50. The lowest BCUT2D eigenvalue weighted by Gasteiger charge is -2.27. The summed E-state index contributed by atoms with van der Waals surface area (Å²) in [7, 11) is 0. The minimum absolute atomic E-state index is 0.185. The number of carbonyl (C=O) groups excluding carboxylic acids is 1. The lowest BCUT2D eigenvalue weighted by Crippen LogP contribution is -2.39. The van der Waals surface area contributed by atoms with Crippen LogP contribution in [0.2, 0.25) is 0 Å². The van der Waals surface area contributed by atoms with Gasteiger partial charge in [0.25, 0.3) is 0 Å². The van der Waals surface area contributed by atoms with E-state index in [9.17, 15) is 9.59 Å². The van der Waals surface area contributed by atoms with Crippen LogP contribution in [0.15, 0.2) is 30.3 Å². The molecule has 0 unspecified atom stereocenters. The van der Waals surface area contributed by atoms with E-state index in [0.717, 1.165) is 5.69 Å². The molecule has 0 spiro atoms. The maximum absolute atomic E-state index is 12.4. The van der Waals surface area contributed by atoms with Crippen LogP contribution in [0.5, 0.6) is 0 Å². The van der Waals surface area contributed by atoms with Crippen LogP contribution < -0.4 is 4.90 Å². The second kappa shape index (κ2) is 9.89. The van der Waals surface area contributed by atoms with Crippen molar-refractivity contribution in [2.75, 3.05) is 37.9 Å². The largest absolute Gasteiger partial charge is 0.480 e. The quantitative estimate of drug-likeness (QED) is 0.696. The van der Waals surface area contributed by atoms with Crippen LogP contribution in [0.25, 0.3) is 0 Å². The molecule has 1 rings (SSSR count). The number of nitrogens with zero attached hydrogens (tertiary/aromatic N) is 1. The Morgan fingerprint density at radius 3 is 2.25 bits per heavy atom. The van der Waals surface area contributed by atoms with Gasteiger partial charge in [-0.1, -0.05) is 18.2 Å². The SMILES string of the molecule is CC(C)(C)OC(=O)N(CCOCCOCC(=O)O)c1ccccc1. The number of para-hydroxylation sites is 1. The molecule has 0 radical (unpaired) electrons. The highest BCUT2D eigenvalue weighted by Crippen LogP contribution is 2.17. The van der Waals surface area contributed by atoms with Gasteiger partial charge >= 0.3 is 12.1 Å². The van der Waals surface area contributed by atoms with Crippen LogP contribution in [0.4, 0.5) is 10.5 Å². The molecule has 1 aromatic rings. The standard InChI is InChI=1S/C17H25NO6/c1-17(2,3)24-16(21)18(14-7-5-4-6-8-14)9-10-22-11-12-23-13-15(19)20/h4-8H,9-13H2,1-3H3,(H,19,20). The fourth-order valence-electron chi connectivity index (χ4n) is 1.79. The molecule has 0 atom stereocenters. The van der Waals surface area contributed by atoms with E-state index in [0.29, 0.717) is 6.54 Å². The first-order chi connectivity index (χ1) is 11.3. The van der Waals surface area contributed by atoms with Crippen LogP contribution in [-0.2, 0) is 19.0 Å². The first-order valence-corrected chi connectivity index (χ1v) is 7.72. The van der Waals surface area contributed by atoms with Crippen molar-refractivity contribution in [2.45, 2.75) is 26.4 Å². The van der Waals surface area contributed by atoms with Gasteiger partial charge in [0, 0.05) is 5.69 Å². The highest BCUT2D eigenvalue weighted by atomic mass is 16.6. The number of carbonyl (C=O) groups is 2. The Balaban J connectivity index is 2.48. The van der Waals surface area contributed by atoms with E-state index < -0.39 is 17.7 Å². The Kier molecular flexibility index (Phi) is 8.21. The van der Waals surface area contributed by atoms with Crippen LogP contribution in [0, 0.1) is 0 Å². The zero-order valence-electron chi connectivity index (χ0n) is 14.4. The minimum atomic E-state index is -1.02. The number of carboxylic acid groups (broad SMARTS) is 1. The van der Waals surface area contributed by atoms with Gasteiger partial charge in [0.15, 0.2) is 0 Å². The molecule has 134 valence electrons. The minimum Gasteiger partial charge on any atom is -0.480 e. The average molecular weight is 339 g/mol. The number of hydrogen-bond donors (Lipinski definition) is 1. The fourth-order valence-corrected chi connectivity index (χ4v) is 1.79. The third-order valence-corrected chi connectivity index (χ3v) is 2.74. The molecule has 0 aliphatic carbocycles. The van der Waals surface area contributed by atoms with Gasteiger partial charge in [-0.05, 0) is 32.9 Å². The molecular formula is C17H25NO6. The summed E-state index contributed by atoms with van der Waals surface area (Å²) in [6.07, 6.45) is -0.445. The third-order valence-electron chi connectivity index (χ3n) is 2.74. The second-order valence-corrected chi connectivity index (χ2v) is 6.03. The summed E-state index contributed by atoms with van der Waals surface area (Å²) in [6, 6.07) is 9.19. The number of aliphatic carboxylic acids is 1. The van der Waals surface area contributed by atoms with Crippen molar-refractivity contribution in [1.29, 1.82) is 0 Å². The summed E-state index contributed by atoms with van der Waals surface area (Å²) in [5, 5.41) is 8.45. The fraction of sp³-hybridized carbons (Fsp3) is 0.529. The topological polar surface area (TPSA) is 85.3 Å². The van der Waals surface area contributed by atoms with Crippen molar-refractivity contribution in [2.24, 2.45) is 0 Å². The molecule has 0 aliphatic heterocycles. The monoisotopic (exact) mass is 339 g/mol. The maximum atomic E-state index is 12.4. The molecule has 24 heavy (non-hydrogen) atoms. The first-order valence-electron chi connectivity index (χ1n) is 7.72.